The Morgan fingerprint density at radius 1 is 1.13 bits per heavy atom. The summed E-state index contributed by atoms with van der Waals surface area (Å²) in [5.41, 5.74) is 0.260. The summed E-state index contributed by atoms with van der Waals surface area (Å²) in [6.07, 6.45) is 3.38. The second-order valence-corrected chi connectivity index (χ2v) is 10.6. The number of piperazine rings is 1. The van der Waals surface area contributed by atoms with Crippen LogP contribution in [0.3, 0.4) is 0 Å². The van der Waals surface area contributed by atoms with Crippen molar-refractivity contribution in [3.63, 3.8) is 0 Å². The topological polar surface area (TPSA) is 97.1 Å². The molecule has 1 aliphatic heterocycles. The van der Waals surface area contributed by atoms with Gasteiger partial charge in [0, 0.05) is 37.7 Å². The Bertz CT molecular complexity index is 1470. The van der Waals surface area contributed by atoms with Gasteiger partial charge < -0.3 is 14.5 Å². The van der Waals surface area contributed by atoms with Crippen LogP contribution in [0.4, 0.5) is 20.2 Å². The van der Waals surface area contributed by atoms with Crippen molar-refractivity contribution in [2.75, 3.05) is 37.7 Å². The molecule has 9 nitrogen and oxygen atoms in total. The number of carbonyl (C=O) groups is 1. The van der Waals surface area contributed by atoms with Gasteiger partial charge in [-0.25, -0.2) is 8.78 Å². The quantitative estimate of drug-likeness (QED) is 0.375. The van der Waals surface area contributed by atoms with Crippen molar-refractivity contribution in [3.8, 4) is 11.4 Å². The molecule has 204 valence electrons. The first-order valence-electron chi connectivity index (χ1n) is 12.5. The number of anilines is 1. The molecular weight excluding hydrogens is 532 g/mol. The number of carbonyl (C=O) groups excluding carboxylic acids is 1. The molecule has 0 unspecified atom stereocenters. The predicted molar refractivity (Wildman–Crippen MR) is 142 cm³/mol. The fraction of sp³-hybridized carbons (Fsp3) is 0.370. The minimum absolute atomic E-state index is 0.0175. The van der Waals surface area contributed by atoms with Crippen molar-refractivity contribution in [1.82, 2.24) is 14.7 Å². The number of nitroso groups, excluding NO2 is 1. The van der Waals surface area contributed by atoms with Gasteiger partial charge >= 0.3 is 5.56 Å². The minimum Gasteiger partial charge on any atom is -0.486 e. The van der Waals surface area contributed by atoms with E-state index in [0.29, 0.717) is 44.0 Å². The number of benzene rings is 2. The van der Waals surface area contributed by atoms with Gasteiger partial charge in [0.1, 0.15) is 23.0 Å². The summed E-state index contributed by atoms with van der Waals surface area (Å²) in [6.45, 7) is 3.89. The van der Waals surface area contributed by atoms with Crippen LogP contribution in [0.15, 0.2) is 52.6 Å². The number of aromatic nitrogens is 2. The maximum Gasteiger partial charge on any atom is 0.316 e. The summed E-state index contributed by atoms with van der Waals surface area (Å²) in [5.74, 6) is -1.79. The number of hydrogen-bond donors (Lipinski definition) is 0. The fourth-order valence-corrected chi connectivity index (χ4v) is 4.74. The van der Waals surface area contributed by atoms with Crippen molar-refractivity contribution in [3.05, 3.63) is 80.1 Å². The summed E-state index contributed by atoms with van der Waals surface area (Å²) < 4.78 is 34.6. The standard InChI is InChI=1S/C27H26ClF2N5O4/c1-27(5-6-27)16-39-25-22(15-31-35(26(25)37)20-13-18(29)12-19(30)14-20)33-7-9-34(10-8-33)23(36)11-17-3-2-4-21(28)24(17)32-38/h2-4,12-15H,5-11,16H2,1H3. The number of nitrogens with zero attached hydrogens (tertiary/aromatic N) is 5. The number of ether oxygens (including phenoxy) is 1. The van der Waals surface area contributed by atoms with Crippen LogP contribution in [0.1, 0.15) is 25.3 Å². The second-order valence-electron chi connectivity index (χ2n) is 10.2. The highest BCUT2D eigenvalue weighted by Crippen LogP contribution is 2.45. The molecule has 0 atom stereocenters. The van der Waals surface area contributed by atoms with E-state index >= 15 is 0 Å². The molecule has 1 saturated carbocycles. The maximum atomic E-state index is 13.8. The van der Waals surface area contributed by atoms with Crippen LogP contribution in [0.5, 0.6) is 5.75 Å². The van der Waals surface area contributed by atoms with Gasteiger partial charge in [0.15, 0.2) is 0 Å². The Morgan fingerprint density at radius 2 is 1.82 bits per heavy atom. The lowest BCUT2D eigenvalue weighted by Gasteiger charge is -2.36. The Balaban J connectivity index is 1.36. The molecule has 0 radical (unpaired) electrons. The summed E-state index contributed by atoms with van der Waals surface area (Å²) in [7, 11) is 0. The summed E-state index contributed by atoms with van der Waals surface area (Å²) in [6, 6.07) is 7.62. The van der Waals surface area contributed by atoms with E-state index in [1.807, 2.05) is 4.90 Å². The summed E-state index contributed by atoms with van der Waals surface area (Å²) in [5, 5.41) is 7.33. The molecule has 2 aliphatic rings. The van der Waals surface area contributed by atoms with E-state index in [0.717, 1.165) is 35.7 Å². The number of rotatable bonds is 8. The zero-order valence-corrected chi connectivity index (χ0v) is 22.0. The molecule has 12 heteroatoms. The molecule has 0 bridgehead atoms. The molecule has 1 amide bonds. The Hall–Kier alpha value is -3.86. The van der Waals surface area contributed by atoms with E-state index in [-0.39, 0.29) is 39.9 Å². The molecule has 2 fully saturated rings. The smallest absolute Gasteiger partial charge is 0.316 e. The van der Waals surface area contributed by atoms with Crippen LogP contribution in [0.25, 0.3) is 5.69 Å². The third-order valence-corrected chi connectivity index (χ3v) is 7.46. The van der Waals surface area contributed by atoms with E-state index in [4.69, 9.17) is 16.3 Å². The normalized spacial score (nSPS) is 16.2. The lowest BCUT2D eigenvalue weighted by atomic mass is 10.1. The third-order valence-electron chi connectivity index (χ3n) is 7.15. The molecule has 1 saturated heterocycles. The van der Waals surface area contributed by atoms with Crippen molar-refractivity contribution in [1.29, 1.82) is 0 Å². The summed E-state index contributed by atoms with van der Waals surface area (Å²) >= 11 is 6.03. The molecule has 0 N–H and O–H groups in total. The first kappa shape index (κ1) is 26.7. The lowest BCUT2D eigenvalue weighted by molar-refractivity contribution is -0.130. The first-order chi connectivity index (χ1) is 18.7. The Morgan fingerprint density at radius 3 is 2.46 bits per heavy atom. The SMILES string of the molecule is CC1(COc2c(N3CCN(C(=O)Cc4cccc(Cl)c4N=O)CC3)cnn(-c3cc(F)cc(F)c3)c2=O)CC1. The monoisotopic (exact) mass is 557 g/mol. The van der Waals surface area contributed by atoms with Gasteiger partial charge in [0.25, 0.3) is 0 Å². The van der Waals surface area contributed by atoms with Crippen LogP contribution in [-0.2, 0) is 11.2 Å². The van der Waals surface area contributed by atoms with Crippen LogP contribution >= 0.6 is 11.6 Å². The van der Waals surface area contributed by atoms with E-state index in [2.05, 4.69) is 17.2 Å². The average Bonchev–Trinajstić information content (AvgIpc) is 3.64. The molecule has 2 aromatic carbocycles. The van der Waals surface area contributed by atoms with Crippen molar-refractivity contribution >= 4 is 28.9 Å². The molecule has 3 aromatic rings. The van der Waals surface area contributed by atoms with E-state index in [1.165, 1.54) is 6.20 Å². The highest BCUT2D eigenvalue weighted by atomic mass is 35.5. The van der Waals surface area contributed by atoms with E-state index < -0.39 is 17.2 Å². The molecule has 0 spiro atoms. The zero-order valence-electron chi connectivity index (χ0n) is 21.2. The Labute approximate surface area is 227 Å². The molecule has 5 rings (SSSR count). The van der Waals surface area contributed by atoms with Crippen LogP contribution < -0.4 is 15.2 Å². The van der Waals surface area contributed by atoms with Crippen molar-refractivity contribution < 1.29 is 18.3 Å². The van der Waals surface area contributed by atoms with Gasteiger partial charge in [0.05, 0.1) is 29.9 Å². The molecule has 39 heavy (non-hydrogen) atoms. The van der Waals surface area contributed by atoms with Crippen LogP contribution in [-0.4, -0.2) is 53.4 Å². The molecule has 1 aromatic heterocycles. The predicted octanol–water partition coefficient (Wildman–Crippen LogP) is 4.63. The van der Waals surface area contributed by atoms with Crippen LogP contribution in [0, 0.1) is 22.0 Å². The number of halogens is 3. The molecule has 1 aliphatic carbocycles. The fourth-order valence-electron chi connectivity index (χ4n) is 4.52. The molecular formula is C27H26ClF2N5O4. The summed E-state index contributed by atoms with van der Waals surface area (Å²) in [4.78, 5) is 41.2. The number of hydrogen-bond acceptors (Lipinski definition) is 7. The Kier molecular flexibility index (Phi) is 7.35. The van der Waals surface area contributed by atoms with Crippen molar-refractivity contribution in [2.24, 2.45) is 10.6 Å². The van der Waals surface area contributed by atoms with E-state index in [1.54, 1.807) is 23.1 Å². The van der Waals surface area contributed by atoms with Gasteiger partial charge in [-0.2, -0.15) is 9.78 Å². The van der Waals surface area contributed by atoms with Gasteiger partial charge in [0.2, 0.25) is 11.7 Å². The zero-order chi connectivity index (χ0) is 27.7. The van der Waals surface area contributed by atoms with Crippen LogP contribution in [0.2, 0.25) is 5.02 Å². The highest BCUT2D eigenvalue weighted by molar-refractivity contribution is 6.33. The molecule has 2 heterocycles. The number of amides is 1. The second kappa shape index (κ2) is 10.7. The third kappa shape index (κ3) is 5.78. The average molecular weight is 558 g/mol. The largest absolute Gasteiger partial charge is 0.486 e. The van der Waals surface area contributed by atoms with Gasteiger partial charge in [-0.1, -0.05) is 30.7 Å². The maximum absolute atomic E-state index is 13.8. The van der Waals surface area contributed by atoms with E-state index in [9.17, 15) is 23.3 Å². The van der Waals surface area contributed by atoms with Gasteiger partial charge in [-0.3, -0.25) is 9.59 Å². The van der Waals surface area contributed by atoms with Crippen molar-refractivity contribution in [2.45, 2.75) is 26.2 Å². The van der Waals surface area contributed by atoms with Gasteiger partial charge in [-0.15, -0.1) is 4.91 Å². The minimum atomic E-state index is -0.828. The van der Waals surface area contributed by atoms with Gasteiger partial charge in [-0.05, 0) is 41.8 Å². The first-order valence-corrected chi connectivity index (χ1v) is 12.9. The lowest BCUT2D eigenvalue weighted by Crippen LogP contribution is -2.49. The highest BCUT2D eigenvalue weighted by Gasteiger charge is 2.39.